The van der Waals surface area contributed by atoms with Crippen LogP contribution in [0.3, 0.4) is 0 Å². The minimum Gasteiger partial charge on any atom is -0.756 e. The SMILES string of the molecule is CC/C=C\C/C=C\C/C=C\C/C=C\C/C=C\C/C=C\C/C=C\C/C=C\CCCCCCCCCCC(=O)OC(COC(=O)CCCC/C=C\C/C=C\C/C=C\C/C=C\C/C=C\C/C=C\C/C=C\C/C=C\CC)COP(=O)([O-])OCC[N+](C)(C)C. The number of hydrogen-bond acceptors (Lipinski definition) is 8. The van der Waals surface area contributed by atoms with Gasteiger partial charge in [0.25, 0.3) is 7.82 Å². The molecule has 0 aromatic carbocycles. The van der Waals surface area contributed by atoms with Gasteiger partial charge in [-0.25, -0.2) is 0 Å². The number of unbranched alkanes of at least 4 members (excludes halogenated alkanes) is 10. The number of phosphoric acid groups is 1. The molecule has 2 atom stereocenters. The molecule has 0 aromatic heterocycles. The van der Waals surface area contributed by atoms with Gasteiger partial charge in [0, 0.05) is 12.8 Å². The lowest BCUT2D eigenvalue weighted by molar-refractivity contribution is -0.870. The molecular formula is C74H116NO8P. The molecular weight excluding hydrogens is 1060 g/mol. The van der Waals surface area contributed by atoms with Gasteiger partial charge in [0.2, 0.25) is 0 Å². The lowest BCUT2D eigenvalue weighted by atomic mass is 10.1. The maximum Gasteiger partial charge on any atom is 0.306 e. The standard InChI is InChI=1S/C74H116NO8P/c1-6-8-10-12-14-16-18-20-22-24-26-28-30-32-34-35-36-37-38-39-41-43-45-47-49-51-53-55-57-59-61-63-65-67-74(77)83-72(71-82-84(78,79)81-69-68-75(3,4)5)70-80-73(76)66-64-62-60-58-56-54-52-50-48-46-44-42-40-33-31-29-27-25-23-21-19-17-15-13-11-9-7-2/h8-11,14-17,20-23,26-29,32-34,36-37,39-41,44-47,50,52,56,58,72H,6-7,12-13,18-19,24-25,30-31,35,38,42-43,48-49,51,53-55,57,59-71H2,1-5H3/b10-8-,11-9-,16-14-,17-15-,22-20-,23-21-,28-26-,29-27-,34-32-,37-36-,40-33-,41-39-,46-44-,47-45-,52-50-,58-56-. The second-order valence-electron chi connectivity index (χ2n) is 21.7. The van der Waals surface area contributed by atoms with E-state index in [1.807, 2.05) is 21.1 Å². The Morgan fingerprint density at radius 2 is 0.643 bits per heavy atom. The van der Waals surface area contributed by atoms with Gasteiger partial charge in [-0.3, -0.25) is 14.2 Å². The third kappa shape index (κ3) is 66.0. The molecule has 0 aliphatic rings. The van der Waals surface area contributed by atoms with Crippen molar-refractivity contribution in [2.75, 3.05) is 47.5 Å². The van der Waals surface area contributed by atoms with Crippen molar-refractivity contribution in [1.29, 1.82) is 0 Å². The number of nitrogens with zero attached hydrogens (tertiary/aromatic N) is 1. The van der Waals surface area contributed by atoms with Gasteiger partial charge in [0.15, 0.2) is 6.10 Å². The summed E-state index contributed by atoms with van der Waals surface area (Å²) in [6.45, 7) is 3.92. The molecule has 0 bridgehead atoms. The fourth-order valence-electron chi connectivity index (χ4n) is 7.74. The maximum atomic E-state index is 12.8. The van der Waals surface area contributed by atoms with Gasteiger partial charge in [-0.05, 0) is 141 Å². The molecule has 0 N–H and O–H groups in total. The molecule has 0 spiro atoms. The predicted octanol–water partition coefficient (Wildman–Crippen LogP) is 20.3. The zero-order valence-corrected chi connectivity index (χ0v) is 54.1. The number of quaternary nitrogens is 1. The van der Waals surface area contributed by atoms with E-state index in [1.54, 1.807) is 0 Å². The zero-order chi connectivity index (χ0) is 61.2. The molecule has 470 valence electrons. The van der Waals surface area contributed by atoms with Crippen LogP contribution in [0.4, 0.5) is 0 Å². The van der Waals surface area contributed by atoms with E-state index in [4.69, 9.17) is 18.5 Å². The van der Waals surface area contributed by atoms with Crippen LogP contribution < -0.4 is 4.89 Å². The molecule has 0 fully saturated rings. The molecule has 9 nitrogen and oxygen atoms in total. The first kappa shape index (κ1) is 78.8. The number of carbonyl (C=O) groups excluding carboxylic acids is 2. The number of likely N-dealkylation sites (N-methyl/N-ethyl adjacent to an activating group) is 1. The minimum atomic E-state index is -4.67. The van der Waals surface area contributed by atoms with Crippen LogP contribution in [0.2, 0.25) is 0 Å². The molecule has 0 aliphatic heterocycles. The third-order valence-corrected chi connectivity index (χ3v) is 13.6. The second-order valence-corrected chi connectivity index (χ2v) is 23.1. The number of rotatable bonds is 56. The maximum absolute atomic E-state index is 12.8. The molecule has 0 saturated heterocycles. The summed E-state index contributed by atoms with van der Waals surface area (Å²) in [4.78, 5) is 38.0. The van der Waals surface area contributed by atoms with E-state index in [0.29, 0.717) is 23.9 Å². The Hall–Kier alpha value is -5.15. The molecule has 84 heavy (non-hydrogen) atoms. The van der Waals surface area contributed by atoms with Crippen molar-refractivity contribution in [3.63, 3.8) is 0 Å². The summed E-state index contributed by atoms with van der Waals surface area (Å²) in [6.07, 6.45) is 97.7. The highest BCUT2D eigenvalue weighted by Gasteiger charge is 2.21. The highest BCUT2D eigenvalue weighted by atomic mass is 31.2. The Bertz CT molecular complexity index is 2120. The molecule has 0 saturated carbocycles. The molecule has 0 heterocycles. The van der Waals surface area contributed by atoms with E-state index in [1.165, 1.54) is 25.7 Å². The average molecular weight is 1180 g/mol. The van der Waals surface area contributed by atoms with Crippen molar-refractivity contribution in [2.24, 2.45) is 0 Å². The van der Waals surface area contributed by atoms with E-state index >= 15 is 0 Å². The highest BCUT2D eigenvalue weighted by molar-refractivity contribution is 7.45. The average Bonchev–Trinajstić information content (AvgIpc) is 3.61. The third-order valence-electron chi connectivity index (χ3n) is 12.6. The zero-order valence-electron chi connectivity index (χ0n) is 53.3. The summed E-state index contributed by atoms with van der Waals surface area (Å²) in [6, 6.07) is 0. The number of phosphoric ester groups is 1. The Labute approximate surface area is 513 Å². The van der Waals surface area contributed by atoms with Crippen LogP contribution in [-0.4, -0.2) is 70.0 Å². The Morgan fingerprint density at radius 1 is 0.369 bits per heavy atom. The van der Waals surface area contributed by atoms with Crippen LogP contribution >= 0.6 is 7.82 Å². The molecule has 0 rings (SSSR count). The summed E-state index contributed by atoms with van der Waals surface area (Å²) < 4.78 is 34.2. The normalized spacial score (nSPS) is 14.5. The van der Waals surface area contributed by atoms with Crippen molar-refractivity contribution in [3.8, 4) is 0 Å². The van der Waals surface area contributed by atoms with E-state index < -0.39 is 32.5 Å². The Balaban J connectivity index is 4.28. The van der Waals surface area contributed by atoms with Gasteiger partial charge in [0.05, 0.1) is 27.7 Å². The van der Waals surface area contributed by atoms with Crippen LogP contribution in [0.25, 0.3) is 0 Å². The van der Waals surface area contributed by atoms with Crippen molar-refractivity contribution in [2.45, 2.75) is 213 Å². The smallest absolute Gasteiger partial charge is 0.306 e. The minimum absolute atomic E-state index is 0.0518. The van der Waals surface area contributed by atoms with E-state index in [9.17, 15) is 19.0 Å². The first-order valence-electron chi connectivity index (χ1n) is 32.1. The van der Waals surface area contributed by atoms with Crippen LogP contribution in [0, 0.1) is 0 Å². The largest absolute Gasteiger partial charge is 0.756 e. The summed E-state index contributed by atoms with van der Waals surface area (Å²) in [7, 11) is 1.10. The lowest BCUT2D eigenvalue weighted by Crippen LogP contribution is -2.37. The molecule has 2 unspecified atom stereocenters. The fraction of sp³-hybridized carbons (Fsp3) is 0.541. The highest BCUT2D eigenvalue weighted by Crippen LogP contribution is 2.38. The van der Waals surface area contributed by atoms with Gasteiger partial charge < -0.3 is 27.9 Å². The van der Waals surface area contributed by atoms with Crippen LogP contribution in [-0.2, 0) is 32.7 Å². The number of ether oxygens (including phenoxy) is 2. The van der Waals surface area contributed by atoms with Crippen LogP contribution in [0.15, 0.2) is 194 Å². The molecule has 10 heteroatoms. The molecule has 0 radical (unpaired) electrons. The van der Waals surface area contributed by atoms with Crippen molar-refractivity contribution < 1.29 is 42.1 Å². The van der Waals surface area contributed by atoms with Gasteiger partial charge in [-0.15, -0.1) is 0 Å². The number of allylic oxidation sites excluding steroid dienone is 32. The summed E-state index contributed by atoms with van der Waals surface area (Å²) in [5.41, 5.74) is 0. The summed E-state index contributed by atoms with van der Waals surface area (Å²) in [5.74, 6) is -0.912. The van der Waals surface area contributed by atoms with E-state index in [-0.39, 0.29) is 26.1 Å². The first-order valence-corrected chi connectivity index (χ1v) is 33.6. The fourth-order valence-corrected chi connectivity index (χ4v) is 8.47. The second kappa shape index (κ2) is 62.4. The van der Waals surface area contributed by atoms with Gasteiger partial charge in [0.1, 0.15) is 19.8 Å². The van der Waals surface area contributed by atoms with Gasteiger partial charge >= 0.3 is 11.9 Å². The first-order chi connectivity index (χ1) is 41.0. The van der Waals surface area contributed by atoms with Crippen LogP contribution in [0.1, 0.15) is 206 Å². The number of hydrogen-bond donors (Lipinski definition) is 0. The lowest BCUT2D eigenvalue weighted by Gasteiger charge is -2.28. The Kier molecular flexibility index (Phi) is 58.6. The van der Waals surface area contributed by atoms with Gasteiger partial charge in [-0.2, -0.15) is 0 Å². The monoisotopic (exact) mass is 1180 g/mol. The van der Waals surface area contributed by atoms with Crippen molar-refractivity contribution >= 4 is 19.8 Å². The topological polar surface area (TPSA) is 111 Å². The summed E-state index contributed by atoms with van der Waals surface area (Å²) in [5, 5.41) is 0. The molecule has 0 aromatic rings. The molecule has 0 amide bonds. The van der Waals surface area contributed by atoms with Crippen molar-refractivity contribution in [1.82, 2.24) is 0 Å². The quantitative estimate of drug-likeness (QED) is 0.0195. The predicted molar refractivity (Wildman–Crippen MR) is 359 cm³/mol. The van der Waals surface area contributed by atoms with E-state index in [2.05, 4.69) is 208 Å². The van der Waals surface area contributed by atoms with Crippen LogP contribution in [0.5, 0.6) is 0 Å². The van der Waals surface area contributed by atoms with Gasteiger partial charge in [-0.1, -0.05) is 247 Å². The summed E-state index contributed by atoms with van der Waals surface area (Å²) >= 11 is 0. The van der Waals surface area contributed by atoms with Crippen molar-refractivity contribution in [3.05, 3.63) is 194 Å². The molecule has 0 aliphatic carbocycles. The Morgan fingerprint density at radius 3 is 0.976 bits per heavy atom. The van der Waals surface area contributed by atoms with E-state index in [0.717, 1.165) is 141 Å². The number of esters is 2. The number of carbonyl (C=O) groups is 2.